The van der Waals surface area contributed by atoms with Gasteiger partial charge in [-0.1, -0.05) is 54.1 Å². The highest BCUT2D eigenvalue weighted by atomic mass is 16.5. The molecule has 0 saturated carbocycles. The summed E-state index contributed by atoms with van der Waals surface area (Å²) in [4.78, 5) is 25.8. The maximum absolute atomic E-state index is 12.3. The van der Waals surface area contributed by atoms with Crippen LogP contribution in [0.4, 0.5) is 5.69 Å². The van der Waals surface area contributed by atoms with Gasteiger partial charge in [-0.15, -0.1) is 0 Å². The normalized spacial score (nSPS) is 10.4. The van der Waals surface area contributed by atoms with Crippen LogP contribution in [-0.4, -0.2) is 36.9 Å². The van der Waals surface area contributed by atoms with Gasteiger partial charge < -0.3 is 15.0 Å². The van der Waals surface area contributed by atoms with Crippen LogP contribution in [0.2, 0.25) is 0 Å². The average molecular weight is 362 g/mol. The number of aryl methyl sites for hydroxylation is 1. The highest BCUT2D eigenvalue weighted by molar-refractivity contribution is 5.94. The van der Waals surface area contributed by atoms with E-state index in [4.69, 9.17) is 4.74 Å². The fourth-order valence-corrected chi connectivity index (χ4v) is 2.71. The van der Waals surface area contributed by atoms with Gasteiger partial charge in [0.15, 0.2) is 6.61 Å². The van der Waals surface area contributed by atoms with Crippen molar-refractivity contribution in [3.05, 3.63) is 72.3 Å². The lowest BCUT2D eigenvalue weighted by Gasteiger charge is -2.17. The van der Waals surface area contributed by atoms with Crippen molar-refractivity contribution in [3.63, 3.8) is 0 Å². The molecule has 0 saturated heterocycles. The third-order valence-electron chi connectivity index (χ3n) is 4.24. The monoisotopic (exact) mass is 362 g/mol. The molecule has 0 aromatic heterocycles. The summed E-state index contributed by atoms with van der Waals surface area (Å²) in [5, 5.41) is 4.78. The second kappa shape index (κ2) is 8.36. The molecular formula is C22H22N2O3. The van der Waals surface area contributed by atoms with Crippen LogP contribution in [0.15, 0.2) is 66.7 Å². The Labute approximate surface area is 158 Å². The fourth-order valence-electron chi connectivity index (χ4n) is 2.71. The first-order valence-electron chi connectivity index (χ1n) is 8.74. The number of nitrogens with zero attached hydrogens (tertiary/aromatic N) is 1. The van der Waals surface area contributed by atoms with Crippen LogP contribution >= 0.6 is 0 Å². The van der Waals surface area contributed by atoms with Crippen molar-refractivity contribution in [1.29, 1.82) is 0 Å². The highest BCUT2D eigenvalue weighted by Crippen LogP contribution is 2.25. The van der Waals surface area contributed by atoms with Crippen LogP contribution < -0.4 is 10.1 Å². The van der Waals surface area contributed by atoms with Crippen LogP contribution in [0.25, 0.3) is 10.8 Å². The number of rotatable bonds is 6. The molecule has 0 aliphatic rings. The predicted molar refractivity (Wildman–Crippen MR) is 107 cm³/mol. The molecule has 27 heavy (non-hydrogen) atoms. The molecule has 2 amide bonds. The van der Waals surface area contributed by atoms with Crippen molar-refractivity contribution < 1.29 is 14.3 Å². The molecule has 0 bridgehead atoms. The van der Waals surface area contributed by atoms with Gasteiger partial charge in [-0.2, -0.15) is 0 Å². The number of hydrogen-bond acceptors (Lipinski definition) is 3. The molecule has 0 radical (unpaired) electrons. The first-order valence-corrected chi connectivity index (χ1v) is 8.74. The Morgan fingerprint density at radius 3 is 2.44 bits per heavy atom. The summed E-state index contributed by atoms with van der Waals surface area (Å²) in [6, 6.07) is 21.0. The van der Waals surface area contributed by atoms with Gasteiger partial charge in [-0.25, -0.2) is 0 Å². The second-order valence-corrected chi connectivity index (χ2v) is 6.43. The molecule has 3 aromatic rings. The van der Waals surface area contributed by atoms with E-state index in [2.05, 4.69) is 5.32 Å². The molecule has 5 heteroatoms. The van der Waals surface area contributed by atoms with Crippen molar-refractivity contribution in [2.75, 3.05) is 25.5 Å². The minimum Gasteiger partial charge on any atom is -0.483 e. The zero-order chi connectivity index (χ0) is 19.2. The van der Waals surface area contributed by atoms with Crippen molar-refractivity contribution in [1.82, 2.24) is 4.90 Å². The molecule has 3 rings (SSSR count). The molecule has 0 aliphatic carbocycles. The summed E-state index contributed by atoms with van der Waals surface area (Å²) in [5.41, 5.74) is 1.82. The zero-order valence-corrected chi connectivity index (χ0v) is 15.4. The molecule has 0 aliphatic heterocycles. The standard InChI is InChI=1S/C22H22N2O3/c1-16-10-12-18(13-11-16)23-21(25)14-24(2)22(26)15-27-20-9-5-7-17-6-3-4-8-19(17)20/h3-13H,14-15H2,1-2H3,(H,23,25). The molecule has 1 N–H and O–H groups in total. The average Bonchev–Trinajstić information content (AvgIpc) is 2.67. The van der Waals surface area contributed by atoms with E-state index in [1.807, 2.05) is 73.7 Å². The van der Waals surface area contributed by atoms with Gasteiger partial charge in [0.2, 0.25) is 5.91 Å². The van der Waals surface area contributed by atoms with Crippen LogP contribution in [0, 0.1) is 6.92 Å². The van der Waals surface area contributed by atoms with Crippen LogP contribution in [0.3, 0.4) is 0 Å². The van der Waals surface area contributed by atoms with Crippen LogP contribution in [0.5, 0.6) is 5.75 Å². The number of likely N-dealkylation sites (N-methyl/N-ethyl adjacent to an activating group) is 1. The zero-order valence-electron chi connectivity index (χ0n) is 15.4. The molecule has 5 nitrogen and oxygen atoms in total. The van der Waals surface area contributed by atoms with Gasteiger partial charge in [0.1, 0.15) is 5.75 Å². The molecular weight excluding hydrogens is 340 g/mol. The Hall–Kier alpha value is -3.34. The summed E-state index contributed by atoms with van der Waals surface area (Å²) in [5.74, 6) is 0.140. The number of carbonyl (C=O) groups excluding carboxylic acids is 2. The third kappa shape index (κ3) is 4.85. The van der Waals surface area contributed by atoms with Crippen LogP contribution in [0.1, 0.15) is 5.56 Å². The Morgan fingerprint density at radius 2 is 1.67 bits per heavy atom. The van der Waals surface area contributed by atoms with E-state index >= 15 is 0 Å². The maximum atomic E-state index is 12.3. The van der Waals surface area contributed by atoms with Crippen LogP contribution in [-0.2, 0) is 9.59 Å². The van der Waals surface area contributed by atoms with E-state index in [1.165, 1.54) is 4.90 Å². The van der Waals surface area contributed by atoms with E-state index in [0.29, 0.717) is 11.4 Å². The van der Waals surface area contributed by atoms with E-state index in [1.54, 1.807) is 7.05 Å². The Bertz CT molecular complexity index is 946. The number of amides is 2. The quantitative estimate of drug-likeness (QED) is 0.729. The van der Waals surface area contributed by atoms with Gasteiger partial charge in [0, 0.05) is 18.1 Å². The van der Waals surface area contributed by atoms with Crippen molar-refractivity contribution in [3.8, 4) is 5.75 Å². The second-order valence-electron chi connectivity index (χ2n) is 6.43. The number of carbonyl (C=O) groups is 2. The maximum Gasteiger partial charge on any atom is 0.260 e. The van der Waals surface area contributed by atoms with E-state index < -0.39 is 0 Å². The lowest BCUT2D eigenvalue weighted by atomic mass is 10.1. The Balaban J connectivity index is 1.54. The highest BCUT2D eigenvalue weighted by Gasteiger charge is 2.14. The van der Waals surface area contributed by atoms with Crippen molar-refractivity contribution in [2.24, 2.45) is 0 Å². The topological polar surface area (TPSA) is 58.6 Å². The molecule has 0 spiro atoms. The lowest BCUT2D eigenvalue weighted by molar-refractivity contribution is -0.135. The lowest BCUT2D eigenvalue weighted by Crippen LogP contribution is -2.37. The number of nitrogens with one attached hydrogen (secondary N) is 1. The van der Waals surface area contributed by atoms with E-state index in [9.17, 15) is 9.59 Å². The molecule has 0 unspecified atom stereocenters. The number of hydrogen-bond donors (Lipinski definition) is 1. The minimum absolute atomic E-state index is 0.0361. The largest absolute Gasteiger partial charge is 0.483 e. The third-order valence-corrected chi connectivity index (χ3v) is 4.24. The summed E-state index contributed by atoms with van der Waals surface area (Å²) < 4.78 is 5.69. The van der Waals surface area contributed by atoms with Gasteiger partial charge in [-0.05, 0) is 30.5 Å². The predicted octanol–water partition coefficient (Wildman–Crippen LogP) is 3.62. The molecule has 138 valence electrons. The Kier molecular flexibility index (Phi) is 5.71. The number of benzene rings is 3. The first-order chi connectivity index (χ1) is 13.0. The number of ether oxygens (including phenoxy) is 1. The van der Waals surface area contributed by atoms with Gasteiger partial charge in [-0.3, -0.25) is 9.59 Å². The smallest absolute Gasteiger partial charge is 0.260 e. The first kappa shape index (κ1) is 18.5. The summed E-state index contributed by atoms with van der Waals surface area (Å²) >= 11 is 0. The van der Waals surface area contributed by atoms with Crippen molar-refractivity contribution >= 4 is 28.3 Å². The number of anilines is 1. The molecule has 0 heterocycles. The van der Waals surface area contributed by atoms with Gasteiger partial charge in [0.05, 0.1) is 6.54 Å². The van der Waals surface area contributed by atoms with Gasteiger partial charge in [0.25, 0.3) is 5.91 Å². The van der Waals surface area contributed by atoms with E-state index in [-0.39, 0.29) is 25.0 Å². The summed E-state index contributed by atoms with van der Waals surface area (Å²) in [7, 11) is 1.59. The molecule has 3 aromatic carbocycles. The van der Waals surface area contributed by atoms with Crippen molar-refractivity contribution in [2.45, 2.75) is 6.92 Å². The number of fused-ring (bicyclic) bond motifs is 1. The summed E-state index contributed by atoms with van der Waals surface area (Å²) in [6.45, 7) is 1.82. The Morgan fingerprint density at radius 1 is 0.963 bits per heavy atom. The fraction of sp³-hybridized carbons (Fsp3) is 0.182. The van der Waals surface area contributed by atoms with Gasteiger partial charge >= 0.3 is 0 Å². The SMILES string of the molecule is Cc1ccc(NC(=O)CN(C)C(=O)COc2cccc3ccccc23)cc1. The molecule has 0 atom stereocenters. The minimum atomic E-state index is -0.262. The summed E-state index contributed by atoms with van der Waals surface area (Å²) in [6.07, 6.45) is 0. The van der Waals surface area contributed by atoms with E-state index in [0.717, 1.165) is 16.3 Å². The molecule has 0 fully saturated rings.